The van der Waals surface area contributed by atoms with Gasteiger partial charge in [0.1, 0.15) is 23.2 Å². The molecule has 3 heteroatoms. The van der Waals surface area contributed by atoms with Gasteiger partial charge in [0, 0.05) is 5.92 Å². The SMILES string of the molecule is CC(C)CC1CCC(C(=O)NCC[P+](c2ccccc2)(c2ccccc2)c2ccccc2)CC1. The zero-order chi connectivity index (χ0) is 23.8. The van der Waals surface area contributed by atoms with Crippen LogP contribution in [0.3, 0.4) is 0 Å². The minimum Gasteiger partial charge on any atom is -0.352 e. The van der Waals surface area contributed by atoms with Gasteiger partial charge >= 0.3 is 0 Å². The van der Waals surface area contributed by atoms with Crippen LogP contribution in [0.1, 0.15) is 46.0 Å². The van der Waals surface area contributed by atoms with E-state index >= 15 is 0 Å². The molecule has 0 aromatic heterocycles. The number of rotatable bonds is 9. The van der Waals surface area contributed by atoms with Crippen molar-refractivity contribution in [3.05, 3.63) is 91.0 Å². The molecule has 0 spiro atoms. The smallest absolute Gasteiger partial charge is 0.223 e. The summed E-state index contributed by atoms with van der Waals surface area (Å²) in [4.78, 5) is 13.1. The predicted octanol–water partition coefficient (Wildman–Crippen LogP) is 5.95. The summed E-state index contributed by atoms with van der Waals surface area (Å²) in [5.74, 6) is 2.00. The largest absolute Gasteiger partial charge is 0.352 e. The number of hydrogen-bond acceptors (Lipinski definition) is 1. The van der Waals surface area contributed by atoms with Crippen LogP contribution in [0.2, 0.25) is 0 Å². The summed E-state index contributed by atoms with van der Waals surface area (Å²) >= 11 is 0. The predicted molar refractivity (Wildman–Crippen MR) is 148 cm³/mol. The number of carbonyl (C=O) groups excluding carboxylic acids is 1. The lowest BCUT2D eigenvalue weighted by atomic mass is 9.78. The molecule has 178 valence electrons. The van der Waals surface area contributed by atoms with Crippen molar-refractivity contribution >= 4 is 29.1 Å². The maximum Gasteiger partial charge on any atom is 0.223 e. The fourth-order valence-electron chi connectivity index (χ4n) is 5.70. The molecule has 1 aliphatic carbocycles. The Labute approximate surface area is 206 Å². The number of amides is 1. The van der Waals surface area contributed by atoms with Crippen molar-refractivity contribution in [2.75, 3.05) is 12.7 Å². The van der Waals surface area contributed by atoms with Gasteiger partial charge in [-0.05, 0) is 80.3 Å². The van der Waals surface area contributed by atoms with E-state index in [2.05, 4.69) is 110 Å². The second-order valence-corrected chi connectivity index (χ2v) is 13.8. The van der Waals surface area contributed by atoms with Gasteiger partial charge in [-0.3, -0.25) is 4.79 Å². The zero-order valence-corrected chi connectivity index (χ0v) is 21.6. The van der Waals surface area contributed by atoms with E-state index in [9.17, 15) is 4.79 Å². The highest BCUT2D eigenvalue weighted by Crippen LogP contribution is 2.54. The van der Waals surface area contributed by atoms with Crippen LogP contribution in [0, 0.1) is 17.8 Å². The van der Waals surface area contributed by atoms with E-state index in [1.54, 1.807) is 0 Å². The van der Waals surface area contributed by atoms with Crippen LogP contribution in [0.15, 0.2) is 91.0 Å². The highest BCUT2D eigenvalue weighted by Gasteiger charge is 2.44. The summed E-state index contributed by atoms with van der Waals surface area (Å²) in [5.41, 5.74) is 0. The summed E-state index contributed by atoms with van der Waals surface area (Å²) in [5, 5.41) is 7.47. The van der Waals surface area contributed by atoms with Gasteiger partial charge in [-0.15, -0.1) is 0 Å². The van der Waals surface area contributed by atoms with E-state index in [1.165, 1.54) is 35.2 Å². The molecule has 0 atom stereocenters. The Bertz CT molecular complexity index is 914. The van der Waals surface area contributed by atoms with Crippen molar-refractivity contribution in [1.29, 1.82) is 0 Å². The molecule has 3 aromatic carbocycles. The normalized spacial score (nSPS) is 18.6. The molecular weight excluding hydrogens is 433 g/mol. The topological polar surface area (TPSA) is 29.1 Å². The molecule has 1 amide bonds. The highest BCUT2D eigenvalue weighted by atomic mass is 31.2. The number of hydrogen-bond donors (Lipinski definition) is 1. The van der Waals surface area contributed by atoms with Crippen molar-refractivity contribution in [2.45, 2.75) is 46.0 Å². The molecule has 0 bridgehead atoms. The molecule has 3 aromatic rings. The van der Waals surface area contributed by atoms with E-state index in [0.717, 1.165) is 30.8 Å². The molecule has 0 heterocycles. The van der Waals surface area contributed by atoms with Crippen molar-refractivity contribution in [1.82, 2.24) is 5.32 Å². The fraction of sp³-hybridized carbons (Fsp3) is 0.387. The van der Waals surface area contributed by atoms with Crippen molar-refractivity contribution in [2.24, 2.45) is 17.8 Å². The van der Waals surface area contributed by atoms with Gasteiger partial charge in [-0.1, -0.05) is 68.4 Å². The Kier molecular flexibility index (Phi) is 8.57. The summed E-state index contributed by atoms with van der Waals surface area (Å²) in [6, 6.07) is 32.7. The number of nitrogens with one attached hydrogen (secondary N) is 1. The van der Waals surface area contributed by atoms with Crippen LogP contribution in [-0.4, -0.2) is 18.6 Å². The molecule has 0 saturated heterocycles. The van der Waals surface area contributed by atoms with Crippen LogP contribution in [0.4, 0.5) is 0 Å². The Morgan fingerprint density at radius 3 is 1.62 bits per heavy atom. The van der Waals surface area contributed by atoms with Gasteiger partial charge in [0.05, 0.1) is 12.7 Å². The van der Waals surface area contributed by atoms with Gasteiger partial charge in [-0.2, -0.15) is 0 Å². The molecule has 4 rings (SSSR count). The van der Waals surface area contributed by atoms with E-state index in [-0.39, 0.29) is 11.8 Å². The van der Waals surface area contributed by atoms with Crippen molar-refractivity contribution in [3.63, 3.8) is 0 Å². The van der Waals surface area contributed by atoms with Crippen LogP contribution in [0.25, 0.3) is 0 Å². The molecule has 1 N–H and O–H groups in total. The summed E-state index contributed by atoms with van der Waals surface area (Å²) < 4.78 is 0. The van der Waals surface area contributed by atoms with Crippen LogP contribution in [-0.2, 0) is 4.79 Å². The lowest BCUT2D eigenvalue weighted by molar-refractivity contribution is -0.126. The fourth-order valence-corrected chi connectivity index (χ4v) is 9.86. The molecule has 1 saturated carbocycles. The maximum atomic E-state index is 13.1. The minimum atomic E-state index is -1.89. The van der Waals surface area contributed by atoms with Gasteiger partial charge in [0.25, 0.3) is 0 Å². The van der Waals surface area contributed by atoms with Crippen molar-refractivity contribution < 1.29 is 4.79 Å². The molecule has 34 heavy (non-hydrogen) atoms. The quantitative estimate of drug-likeness (QED) is 0.383. The van der Waals surface area contributed by atoms with Crippen LogP contribution >= 0.6 is 7.26 Å². The molecule has 1 aliphatic rings. The standard InChI is InChI=1S/C31H38NOP/c1-25(2)24-26-18-20-27(21-19-26)31(33)32-22-23-34(28-12-6-3-7-13-28,29-14-8-4-9-15-29)30-16-10-5-11-17-30/h3-17,25-27H,18-24H2,1-2H3/p+1. The maximum absolute atomic E-state index is 13.1. The third-order valence-corrected chi connectivity index (χ3v) is 11.8. The Hall–Kier alpha value is -2.44. The Balaban J connectivity index is 1.53. The van der Waals surface area contributed by atoms with Gasteiger partial charge in [0.15, 0.2) is 0 Å². The average Bonchev–Trinajstić information content (AvgIpc) is 2.88. The third-order valence-electron chi connectivity index (χ3n) is 7.36. The zero-order valence-electron chi connectivity index (χ0n) is 20.7. The van der Waals surface area contributed by atoms with Gasteiger partial charge < -0.3 is 5.32 Å². The summed E-state index contributed by atoms with van der Waals surface area (Å²) in [6.45, 7) is 5.32. The lowest BCUT2D eigenvalue weighted by Crippen LogP contribution is -2.40. The Morgan fingerprint density at radius 1 is 0.765 bits per heavy atom. The molecular formula is C31H39NOP+. The van der Waals surface area contributed by atoms with Crippen molar-refractivity contribution in [3.8, 4) is 0 Å². The first-order valence-corrected chi connectivity index (χ1v) is 14.9. The Morgan fingerprint density at radius 2 is 1.21 bits per heavy atom. The average molecular weight is 473 g/mol. The summed E-state index contributed by atoms with van der Waals surface area (Å²) in [6.07, 6.45) is 6.71. The van der Waals surface area contributed by atoms with Crippen LogP contribution in [0.5, 0.6) is 0 Å². The molecule has 0 aliphatic heterocycles. The molecule has 0 radical (unpaired) electrons. The second-order valence-electron chi connectivity index (χ2n) is 10.2. The van der Waals surface area contributed by atoms with E-state index in [1.807, 2.05) is 0 Å². The number of benzene rings is 3. The minimum absolute atomic E-state index is 0.182. The van der Waals surface area contributed by atoms with Gasteiger partial charge in [0.2, 0.25) is 5.91 Å². The molecule has 1 fully saturated rings. The molecule has 2 nitrogen and oxygen atoms in total. The summed E-state index contributed by atoms with van der Waals surface area (Å²) in [7, 11) is -1.89. The monoisotopic (exact) mass is 472 g/mol. The second kappa shape index (κ2) is 11.8. The lowest BCUT2D eigenvalue weighted by Gasteiger charge is -2.30. The third kappa shape index (κ3) is 5.78. The first-order valence-electron chi connectivity index (χ1n) is 12.9. The first-order chi connectivity index (χ1) is 16.6. The molecule has 0 unspecified atom stereocenters. The highest BCUT2D eigenvalue weighted by molar-refractivity contribution is 7.95. The van der Waals surface area contributed by atoms with E-state index < -0.39 is 7.26 Å². The first kappa shape index (κ1) is 24.7. The van der Waals surface area contributed by atoms with Gasteiger partial charge in [-0.25, -0.2) is 0 Å². The van der Waals surface area contributed by atoms with E-state index in [0.29, 0.717) is 6.54 Å². The van der Waals surface area contributed by atoms with Crippen LogP contribution < -0.4 is 21.2 Å². The van der Waals surface area contributed by atoms with E-state index in [4.69, 9.17) is 0 Å². The number of carbonyl (C=O) groups is 1.